The van der Waals surface area contributed by atoms with Gasteiger partial charge >= 0.3 is 5.97 Å². The maximum Gasteiger partial charge on any atom is 0.306 e. The predicted molar refractivity (Wildman–Crippen MR) is 44.5 cm³/mol. The number of aliphatic carboxylic acids is 1. The second-order valence-corrected chi connectivity index (χ2v) is 3.31. The number of hydrogen-bond donors (Lipinski definition) is 1. The van der Waals surface area contributed by atoms with Crippen molar-refractivity contribution < 1.29 is 9.90 Å². The molecule has 3 heteroatoms. The van der Waals surface area contributed by atoms with Crippen LogP contribution in [0, 0.1) is 11.8 Å². The maximum absolute atomic E-state index is 10.5. The third-order valence-corrected chi connectivity index (χ3v) is 2.29. The van der Waals surface area contributed by atoms with Crippen LogP contribution < -0.4 is 0 Å². The molecule has 1 saturated carbocycles. The van der Waals surface area contributed by atoms with E-state index in [0.29, 0.717) is 5.92 Å². The summed E-state index contributed by atoms with van der Waals surface area (Å²) in [6.07, 6.45) is 4.08. The summed E-state index contributed by atoms with van der Waals surface area (Å²) in [7, 11) is 0. The SMILES string of the molecule is CC1CCCC(C(=O)O)C1.[Tl]. The smallest absolute Gasteiger partial charge is 0.306 e. The van der Waals surface area contributed by atoms with E-state index in [4.69, 9.17) is 5.11 Å². The summed E-state index contributed by atoms with van der Waals surface area (Å²) in [5.74, 6) is -0.0369. The van der Waals surface area contributed by atoms with Crippen molar-refractivity contribution in [1.29, 1.82) is 0 Å². The average Bonchev–Trinajstić information content (AvgIpc) is 1.88. The largest absolute Gasteiger partial charge is 0.481 e. The van der Waals surface area contributed by atoms with Gasteiger partial charge in [-0.25, -0.2) is 0 Å². The minimum absolute atomic E-state index is 0. The van der Waals surface area contributed by atoms with Gasteiger partial charge in [-0.3, -0.25) is 4.79 Å². The Balaban J connectivity index is 0.000001000. The second-order valence-electron chi connectivity index (χ2n) is 3.31. The van der Waals surface area contributed by atoms with Crippen LogP contribution in [0.4, 0.5) is 0 Å². The van der Waals surface area contributed by atoms with Gasteiger partial charge < -0.3 is 5.11 Å². The molecule has 0 aromatic rings. The maximum atomic E-state index is 10.5. The fraction of sp³-hybridized carbons (Fsp3) is 0.875. The molecule has 2 atom stereocenters. The Labute approximate surface area is 87.5 Å². The molecule has 1 N–H and O–H groups in total. The van der Waals surface area contributed by atoms with E-state index in [0.717, 1.165) is 19.3 Å². The first-order valence-electron chi connectivity index (χ1n) is 3.93. The summed E-state index contributed by atoms with van der Waals surface area (Å²) in [6, 6.07) is 0. The van der Waals surface area contributed by atoms with E-state index < -0.39 is 5.97 Å². The van der Waals surface area contributed by atoms with Crippen LogP contribution in [-0.4, -0.2) is 38.4 Å². The molecule has 1 aliphatic rings. The summed E-state index contributed by atoms with van der Waals surface area (Å²) in [5.41, 5.74) is 0. The van der Waals surface area contributed by atoms with Crippen molar-refractivity contribution in [3.05, 3.63) is 0 Å². The summed E-state index contributed by atoms with van der Waals surface area (Å²) in [6.45, 7) is 2.13. The van der Waals surface area contributed by atoms with Gasteiger partial charge in [-0.2, -0.15) is 0 Å². The Hall–Kier alpha value is 0.392. The normalized spacial score (nSPS) is 30.6. The molecule has 61 valence electrons. The Morgan fingerprint density at radius 2 is 2.09 bits per heavy atom. The van der Waals surface area contributed by atoms with Crippen molar-refractivity contribution in [1.82, 2.24) is 0 Å². The molecule has 1 rings (SSSR count). The molecule has 0 aromatic heterocycles. The van der Waals surface area contributed by atoms with Crippen LogP contribution in [0.15, 0.2) is 0 Å². The van der Waals surface area contributed by atoms with Crippen molar-refractivity contribution in [3.63, 3.8) is 0 Å². The molecule has 0 aromatic carbocycles. The molecular weight excluding hydrogens is 332 g/mol. The van der Waals surface area contributed by atoms with Gasteiger partial charge in [0.1, 0.15) is 0 Å². The molecule has 2 unspecified atom stereocenters. The van der Waals surface area contributed by atoms with Gasteiger partial charge in [0, 0.05) is 27.3 Å². The van der Waals surface area contributed by atoms with Gasteiger partial charge in [0.25, 0.3) is 0 Å². The molecule has 0 saturated heterocycles. The van der Waals surface area contributed by atoms with Gasteiger partial charge in [-0.05, 0) is 18.8 Å². The zero-order valence-corrected chi connectivity index (χ0v) is 11.4. The van der Waals surface area contributed by atoms with Crippen LogP contribution in [-0.2, 0) is 4.79 Å². The molecule has 11 heavy (non-hydrogen) atoms. The van der Waals surface area contributed by atoms with Crippen molar-refractivity contribution in [2.45, 2.75) is 32.6 Å². The van der Waals surface area contributed by atoms with Crippen LogP contribution in [0.2, 0.25) is 0 Å². The third kappa shape index (κ3) is 3.53. The second kappa shape index (κ2) is 5.11. The van der Waals surface area contributed by atoms with E-state index in [-0.39, 0.29) is 33.2 Å². The van der Waals surface area contributed by atoms with Gasteiger partial charge in [0.05, 0.1) is 5.92 Å². The zero-order valence-electron chi connectivity index (χ0n) is 6.92. The monoisotopic (exact) mass is 347 g/mol. The molecule has 0 heterocycles. The topological polar surface area (TPSA) is 37.3 Å². The molecule has 1 fully saturated rings. The first-order chi connectivity index (χ1) is 4.70. The van der Waals surface area contributed by atoms with Crippen LogP contribution in [0.5, 0.6) is 0 Å². The minimum atomic E-state index is -0.605. The first kappa shape index (κ1) is 11.4. The van der Waals surface area contributed by atoms with Crippen molar-refractivity contribution in [2.75, 3.05) is 0 Å². The minimum Gasteiger partial charge on any atom is -0.481 e. The van der Waals surface area contributed by atoms with Gasteiger partial charge in [-0.1, -0.05) is 19.8 Å². The van der Waals surface area contributed by atoms with Crippen molar-refractivity contribution in [3.8, 4) is 0 Å². The van der Waals surface area contributed by atoms with Crippen LogP contribution in [0.1, 0.15) is 32.6 Å². The molecule has 1 aliphatic carbocycles. The molecule has 1 radical (unpaired) electrons. The quantitative estimate of drug-likeness (QED) is 0.731. The van der Waals surface area contributed by atoms with E-state index in [9.17, 15) is 4.79 Å². The summed E-state index contributed by atoms with van der Waals surface area (Å²) < 4.78 is 0. The third-order valence-electron chi connectivity index (χ3n) is 2.29. The molecule has 0 amide bonds. The summed E-state index contributed by atoms with van der Waals surface area (Å²) >= 11 is 0. The Morgan fingerprint density at radius 3 is 2.45 bits per heavy atom. The molecule has 0 bridgehead atoms. The standard InChI is InChI=1S/C8H14O2.Tl/c1-6-3-2-4-7(5-6)8(9)10;/h6-7H,2-5H2,1H3,(H,9,10);. The van der Waals surface area contributed by atoms with E-state index in [2.05, 4.69) is 6.92 Å². The number of carboxylic acid groups (broad SMARTS) is 1. The number of carboxylic acids is 1. The Morgan fingerprint density at radius 1 is 1.45 bits per heavy atom. The van der Waals surface area contributed by atoms with Gasteiger partial charge in [0.15, 0.2) is 0 Å². The van der Waals surface area contributed by atoms with E-state index in [1.165, 1.54) is 6.42 Å². The first-order valence-corrected chi connectivity index (χ1v) is 3.93. The number of rotatable bonds is 1. The van der Waals surface area contributed by atoms with E-state index in [1.54, 1.807) is 0 Å². The van der Waals surface area contributed by atoms with E-state index >= 15 is 0 Å². The number of hydrogen-bond acceptors (Lipinski definition) is 1. The Bertz CT molecular complexity index is 136. The van der Waals surface area contributed by atoms with Gasteiger partial charge in [0.2, 0.25) is 0 Å². The van der Waals surface area contributed by atoms with E-state index in [1.807, 2.05) is 0 Å². The summed E-state index contributed by atoms with van der Waals surface area (Å²) in [4.78, 5) is 10.5. The average molecular weight is 347 g/mol. The predicted octanol–water partition coefficient (Wildman–Crippen LogP) is 1.52. The van der Waals surface area contributed by atoms with Crippen LogP contribution in [0.25, 0.3) is 0 Å². The molecular formula is C8H14O2Tl. The van der Waals surface area contributed by atoms with Crippen molar-refractivity contribution >= 4 is 33.3 Å². The zero-order chi connectivity index (χ0) is 7.56. The summed E-state index contributed by atoms with van der Waals surface area (Å²) in [5, 5.41) is 8.66. The van der Waals surface area contributed by atoms with Gasteiger partial charge in [-0.15, -0.1) is 0 Å². The Kier molecular flexibility index (Phi) is 5.29. The molecule has 0 spiro atoms. The van der Waals surface area contributed by atoms with Crippen molar-refractivity contribution in [2.24, 2.45) is 11.8 Å². The molecule has 2 nitrogen and oxygen atoms in total. The molecule has 0 aliphatic heterocycles. The van der Waals surface area contributed by atoms with Crippen LogP contribution >= 0.6 is 0 Å². The fourth-order valence-electron chi connectivity index (χ4n) is 1.66. The fourth-order valence-corrected chi connectivity index (χ4v) is 1.66. The van der Waals surface area contributed by atoms with Crippen LogP contribution in [0.3, 0.4) is 0 Å². The number of carbonyl (C=O) groups is 1.